The van der Waals surface area contributed by atoms with Crippen molar-refractivity contribution < 1.29 is 13.2 Å². The summed E-state index contributed by atoms with van der Waals surface area (Å²) < 4.78 is 25.9. The minimum atomic E-state index is -3.63. The Morgan fingerprint density at radius 2 is 1.63 bits per heavy atom. The van der Waals surface area contributed by atoms with Crippen LogP contribution in [0.5, 0.6) is 0 Å². The molecule has 2 rings (SSSR count). The fourth-order valence-corrected chi connectivity index (χ4v) is 3.89. The summed E-state index contributed by atoms with van der Waals surface area (Å²) in [6, 6.07) is 9.61. The summed E-state index contributed by atoms with van der Waals surface area (Å²) in [5.41, 5.74) is 1.57. The molecule has 2 aromatic rings. The highest BCUT2D eigenvalue weighted by Gasteiger charge is 2.20. The number of hydrogen-bond donors (Lipinski definition) is 1. The zero-order chi connectivity index (χ0) is 20.4. The lowest BCUT2D eigenvalue weighted by Gasteiger charge is -2.20. The first-order valence-electron chi connectivity index (χ1n) is 8.00. The second-order valence-electron chi connectivity index (χ2n) is 6.29. The molecule has 0 saturated carbocycles. The Morgan fingerprint density at radius 1 is 1.04 bits per heavy atom. The molecule has 6 nitrogen and oxygen atoms in total. The van der Waals surface area contributed by atoms with Gasteiger partial charge in [0, 0.05) is 38.2 Å². The summed E-state index contributed by atoms with van der Waals surface area (Å²) in [5.74, 6) is -0.354. The van der Waals surface area contributed by atoms with Gasteiger partial charge in [-0.25, -0.2) is 12.7 Å². The Hall–Kier alpha value is -1.80. The van der Waals surface area contributed by atoms with Crippen LogP contribution in [-0.2, 0) is 21.2 Å². The quantitative estimate of drug-likeness (QED) is 0.762. The second kappa shape index (κ2) is 8.48. The lowest BCUT2D eigenvalue weighted by Crippen LogP contribution is -2.23. The van der Waals surface area contributed by atoms with Crippen molar-refractivity contribution in [2.45, 2.75) is 11.3 Å². The van der Waals surface area contributed by atoms with Crippen LogP contribution in [0.3, 0.4) is 0 Å². The topological polar surface area (TPSA) is 69.7 Å². The summed E-state index contributed by atoms with van der Waals surface area (Å²) in [6.07, 6.45) is -0.0317. The molecule has 0 fully saturated rings. The van der Waals surface area contributed by atoms with E-state index in [2.05, 4.69) is 5.32 Å². The van der Waals surface area contributed by atoms with Gasteiger partial charge in [0.2, 0.25) is 15.9 Å². The first-order valence-corrected chi connectivity index (χ1v) is 10.2. The molecule has 27 heavy (non-hydrogen) atoms. The smallest absolute Gasteiger partial charge is 0.242 e. The fourth-order valence-electron chi connectivity index (χ4n) is 2.43. The first kappa shape index (κ1) is 21.5. The van der Waals surface area contributed by atoms with Crippen molar-refractivity contribution >= 4 is 50.5 Å². The van der Waals surface area contributed by atoms with Gasteiger partial charge >= 0.3 is 0 Å². The predicted octanol–water partition coefficient (Wildman–Crippen LogP) is 3.49. The minimum absolute atomic E-state index is 0.0317. The van der Waals surface area contributed by atoms with Crippen LogP contribution in [0.4, 0.5) is 11.4 Å². The van der Waals surface area contributed by atoms with E-state index in [1.54, 1.807) is 43.3 Å². The van der Waals surface area contributed by atoms with Crippen LogP contribution in [-0.4, -0.2) is 46.8 Å². The molecule has 0 spiro atoms. The van der Waals surface area contributed by atoms with E-state index in [9.17, 15) is 13.2 Å². The number of benzene rings is 2. The number of nitrogens with one attached hydrogen (secondary N) is 1. The van der Waals surface area contributed by atoms with E-state index in [-0.39, 0.29) is 17.2 Å². The van der Waals surface area contributed by atoms with Gasteiger partial charge in [0.15, 0.2) is 0 Å². The van der Waals surface area contributed by atoms with Gasteiger partial charge in [0.1, 0.15) is 0 Å². The number of rotatable bonds is 6. The number of carbonyl (C=O) groups excluding carboxylic acids is 1. The van der Waals surface area contributed by atoms with Crippen LogP contribution in [0.25, 0.3) is 0 Å². The Kier molecular flexibility index (Phi) is 6.75. The summed E-state index contributed by atoms with van der Waals surface area (Å²) in [6.45, 7) is 0. The molecule has 0 aliphatic carbocycles. The molecule has 1 N–H and O–H groups in total. The largest absolute Gasteiger partial charge is 0.376 e. The van der Waals surface area contributed by atoms with Crippen molar-refractivity contribution in [3.8, 4) is 0 Å². The highest BCUT2D eigenvalue weighted by atomic mass is 35.5. The van der Waals surface area contributed by atoms with E-state index in [1.807, 2.05) is 0 Å². The lowest BCUT2D eigenvalue weighted by atomic mass is 10.1. The average molecular weight is 430 g/mol. The molecule has 0 atom stereocenters. The number of carbonyl (C=O) groups is 1. The van der Waals surface area contributed by atoms with Gasteiger partial charge in [-0.1, -0.05) is 29.3 Å². The van der Waals surface area contributed by atoms with E-state index in [1.165, 1.54) is 26.2 Å². The van der Waals surface area contributed by atoms with Gasteiger partial charge in [-0.3, -0.25) is 4.79 Å². The van der Waals surface area contributed by atoms with Gasteiger partial charge in [0.25, 0.3) is 0 Å². The molecule has 0 aliphatic heterocycles. The molecule has 0 heterocycles. The molecule has 146 valence electrons. The van der Waals surface area contributed by atoms with Gasteiger partial charge in [-0.05, 0) is 35.9 Å². The zero-order valence-electron chi connectivity index (χ0n) is 15.5. The molecule has 0 saturated heterocycles. The molecule has 1 amide bonds. The third-order valence-corrected chi connectivity index (χ3v) is 6.42. The zero-order valence-corrected chi connectivity index (χ0v) is 17.8. The van der Waals surface area contributed by atoms with E-state index >= 15 is 0 Å². The standard InChI is InChI=1S/C18H21Cl2N3O3S/c1-22(2)17-9-8-12(27(25,26)23(3)4)10-16(17)21-18(24)11-13-14(19)6-5-7-15(13)20/h5-10H,11H2,1-4H3,(H,21,24). The third-order valence-electron chi connectivity index (χ3n) is 3.90. The SMILES string of the molecule is CN(C)c1ccc(S(=O)(=O)N(C)C)cc1NC(=O)Cc1c(Cl)cccc1Cl. The molecule has 0 unspecified atom stereocenters. The third kappa shape index (κ3) is 4.93. The maximum atomic E-state index is 12.5. The number of amides is 1. The van der Waals surface area contributed by atoms with E-state index < -0.39 is 10.0 Å². The van der Waals surface area contributed by atoms with E-state index in [0.29, 0.717) is 27.0 Å². The Balaban J connectivity index is 2.37. The first-order chi connectivity index (χ1) is 12.5. The number of sulfonamides is 1. The summed E-state index contributed by atoms with van der Waals surface area (Å²) in [4.78, 5) is 14.4. The molecule has 9 heteroatoms. The van der Waals surface area contributed by atoms with Crippen molar-refractivity contribution in [1.29, 1.82) is 0 Å². The summed E-state index contributed by atoms with van der Waals surface area (Å²) >= 11 is 12.2. The van der Waals surface area contributed by atoms with E-state index in [4.69, 9.17) is 23.2 Å². The van der Waals surface area contributed by atoms with Gasteiger partial charge in [-0.2, -0.15) is 0 Å². The normalized spacial score (nSPS) is 11.5. The van der Waals surface area contributed by atoms with Gasteiger partial charge in [-0.15, -0.1) is 0 Å². The van der Waals surface area contributed by atoms with Gasteiger partial charge < -0.3 is 10.2 Å². The highest BCUT2D eigenvalue weighted by molar-refractivity contribution is 7.89. The van der Waals surface area contributed by atoms with Crippen LogP contribution >= 0.6 is 23.2 Å². The average Bonchev–Trinajstić information content (AvgIpc) is 2.57. The highest BCUT2D eigenvalue weighted by Crippen LogP contribution is 2.30. The van der Waals surface area contributed by atoms with Crippen molar-refractivity contribution in [1.82, 2.24) is 4.31 Å². The number of hydrogen-bond acceptors (Lipinski definition) is 4. The molecule has 0 aromatic heterocycles. The fraction of sp³-hybridized carbons (Fsp3) is 0.278. The van der Waals surface area contributed by atoms with Gasteiger partial charge in [0.05, 0.1) is 22.7 Å². The van der Waals surface area contributed by atoms with Crippen molar-refractivity contribution in [2.75, 3.05) is 38.4 Å². The summed E-state index contributed by atoms with van der Waals surface area (Å²) in [7, 11) is 2.88. The van der Waals surface area contributed by atoms with Crippen LogP contribution in [0.15, 0.2) is 41.3 Å². The summed E-state index contributed by atoms with van der Waals surface area (Å²) in [5, 5.41) is 3.56. The number of nitrogens with zero attached hydrogens (tertiary/aromatic N) is 2. The van der Waals surface area contributed by atoms with Crippen LogP contribution in [0.2, 0.25) is 10.0 Å². The molecule has 0 bridgehead atoms. The maximum Gasteiger partial charge on any atom is 0.242 e. The number of halogens is 2. The monoisotopic (exact) mass is 429 g/mol. The van der Waals surface area contributed by atoms with Crippen LogP contribution < -0.4 is 10.2 Å². The molecule has 2 aromatic carbocycles. The molecule has 0 radical (unpaired) electrons. The van der Waals surface area contributed by atoms with Crippen LogP contribution in [0, 0.1) is 0 Å². The van der Waals surface area contributed by atoms with Crippen LogP contribution in [0.1, 0.15) is 5.56 Å². The Morgan fingerprint density at radius 3 is 2.15 bits per heavy atom. The van der Waals surface area contributed by atoms with Crippen molar-refractivity contribution in [3.05, 3.63) is 52.0 Å². The second-order valence-corrected chi connectivity index (χ2v) is 9.25. The number of anilines is 2. The Labute approximate surface area is 169 Å². The van der Waals surface area contributed by atoms with Crippen molar-refractivity contribution in [2.24, 2.45) is 0 Å². The lowest BCUT2D eigenvalue weighted by molar-refractivity contribution is -0.115. The Bertz CT molecular complexity index is 940. The molecular weight excluding hydrogens is 409 g/mol. The van der Waals surface area contributed by atoms with Crippen molar-refractivity contribution in [3.63, 3.8) is 0 Å². The molecule has 0 aliphatic rings. The minimum Gasteiger partial charge on any atom is -0.376 e. The predicted molar refractivity (Wildman–Crippen MR) is 110 cm³/mol. The molecular formula is C18H21Cl2N3O3S. The maximum absolute atomic E-state index is 12.5. The van der Waals surface area contributed by atoms with E-state index in [0.717, 1.165) is 4.31 Å².